The van der Waals surface area contributed by atoms with Crippen LogP contribution >= 0.6 is 0 Å². The summed E-state index contributed by atoms with van der Waals surface area (Å²) < 4.78 is 60.5. The van der Waals surface area contributed by atoms with Crippen LogP contribution in [-0.4, -0.2) is 50.2 Å². The van der Waals surface area contributed by atoms with Gasteiger partial charge in [-0.2, -0.15) is 18.4 Å². The number of carbonyl (C=O) groups excluding carboxylic acids is 1. The van der Waals surface area contributed by atoms with Crippen molar-refractivity contribution in [2.45, 2.75) is 26.4 Å². The number of anilines is 1. The Kier molecular flexibility index (Phi) is 6.78. The van der Waals surface area contributed by atoms with E-state index in [4.69, 9.17) is 10.00 Å². The number of aryl methyl sites for hydroxylation is 1. The van der Waals surface area contributed by atoms with Crippen molar-refractivity contribution in [1.29, 1.82) is 5.26 Å². The van der Waals surface area contributed by atoms with Crippen LogP contribution < -0.4 is 4.90 Å². The van der Waals surface area contributed by atoms with E-state index in [1.54, 1.807) is 30.0 Å². The molecule has 2 aliphatic rings. The first-order valence-electron chi connectivity index (χ1n) is 11.6. The molecule has 2 atom stereocenters. The molecule has 9 heteroatoms. The highest BCUT2D eigenvalue weighted by Crippen LogP contribution is 2.45. The molecule has 186 valence electrons. The molecule has 0 N–H and O–H groups in total. The normalized spacial score (nSPS) is 22.1. The van der Waals surface area contributed by atoms with Crippen molar-refractivity contribution in [3.8, 4) is 6.07 Å². The van der Waals surface area contributed by atoms with Gasteiger partial charge in [0.25, 0.3) is 5.91 Å². The Balaban J connectivity index is 1.61. The fraction of sp³-hybridized carbons (Fsp3) is 0.462. The highest BCUT2D eigenvalue weighted by Gasteiger charge is 2.51. The lowest BCUT2D eigenvalue weighted by molar-refractivity contribution is -0.137. The van der Waals surface area contributed by atoms with Gasteiger partial charge >= 0.3 is 6.18 Å². The van der Waals surface area contributed by atoms with Crippen LogP contribution in [0.5, 0.6) is 0 Å². The molecule has 0 bridgehead atoms. The molecule has 0 aliphatic carbocycles. The van der Waals surface area contributed by atoms with Crippen molar-refractivity contribution >= 4 is 11.6 Å². The summed E-state index contributed by atoms with van der Waals surface area (Å²) in [5, 5.41) is 9.11. The molecule has 35 heavy (non-hydrogen) atoms. The molecule has 1 amide bonds. The van der Waals surface area contributed by atoms with Crippen molar-refractivity contribution in [3.05, 3.63) is 64.5 Å². The third-order valence-electron chi connectivity index (χ3n) is 7.16. The van der Waals surface area contributed by atoms with E-state index in [2.05, 4.69) is 0 Å². The van der Waals surface area contributed by atoms with Crippen LogP contribution in [-0.2, 0) is 10.9 Å². The number of carbonyl (C=O) groups is 1. The number of nitrogens with zero attached hydrogens (tertiary/aromatic N) is 3. The number of likely N-dealkylation sites (tertiary alicyclic amines) is 1. The molecule has 2 heterocycles. The topological polar surface area (TPSA) is 56.6 Å². The monoisotopic (exact) mass is 489 g/mol. The first-order chi connectivity index (χ1) is 16.6. The highest BCUT2D eigenvalue weighted by molar-refractivity contribution is 5.94. The zero-order chi connectivity index (χ0) is 25.4. The summed E-state index contributed by atoms with van der Waals surface area (Å²) in [7, 11) is 0. The van der Waals surface area contributed by atoms with Crippen LogP contribution in [0.15, 0.2) is 36.4 Å². The molecule has 2 saturated heterocycles. The third kappa shape index (κ3) is 4.85. The number of hydrogen-bond acceptors (Lipinski definition) is 4. The average molecular weight is 490 g/mol. The van der Waals surface area contributed by atoms with E-state index >= 15 is 0 Å². The number of hydrogen-bond donors (Lipinski definition) is 0. The Hall–Kier alpha value is -3.12. The minimum Gasteiger partial charge on any atom is -0.381 e. The fourth-order valence-electron chi connectivity index (χ4n) is 5.23. The molecule has 2 aromatic rings. The predicted molar refractivity (Wildman–Crippen MR) is 122 cm³/mol. The maximum absolute atomic E-state index is 14.1. The summed E-state index contributed by atoms with van der Waals surface area (Å²) >= 11 is 0. The lowest BCUT2D eigenvalue weighted by Gasteiger charge is -2.44. The number of alkyl halides is 3. The van der Waals surface area contributed by atoms with Crippen molar-refractivity contribution in [1.82, 2.24) is 4.90 Å². The Morgan fingerprint density at radius 3 is 2.66 bits per heavy atom. The summed E-state index contributed by atoms with van der Waals surface area (Å²) in [5.41, 5.74) is -0.719. The smallest absolute Gasteiger partial charge is 0.381 e. The standard InChI is InChI=1S/C26H27F4N3O2/c1-3-35-16-25-14-32(24(34)18-5-4-17(2)23(27)10-18)9-8-20(25)13-33(15-25)21-7-6-19(12-31)22(11-21)26(28,29)30/h4-7,10-11,20H,3,8-9,13-16H2,1-2H3. The number of rotatable bonds is 5. The minimum absolute atomic E-state index is 0.109. The average Bonchev–Trinajstić information content (AvgIpc) is 3.22. The van der Waals surface area contributed by atoms with E-state index in [-0.39, 0.29) is 17.4 Å². The zero-order valence-electron chi connectivity index (χ0n) is 19.7. The molecule has 4 rings (SSSR count). The van der Waals surface area contributed by atoms with Crippen molar-refractivity contribution < 1.29 is 27.1 Å². The van der Waals surface area contributed by atoms with E-state index in [0.29, 0.717) is 57.1 Å². The number of piperidine rings is 1. The second-order valence-electron chi connectivity index (χ2n) is 9.40. The SMILES string of the molecule is CCOCC12CN(C(=O)c3ccc(C)c(F)c3)CCC1CN(c1ccc(C#N)c(C(F)(F)F)c1)C2. The van der Waals surface area contributed by atoms with Gasteiger partial charge in [-0.25, -0.2) is 4.39 Å². The summed E-state index contributed by atoms with van der Waals surface area (Å²) in [6.45, 7) is 6.11. The number of nitriles is 1. The molecule has 0 saturated carbocycles. The molecule has 2 aliphatic heterocycles. The molecule has 5 nitrogen and oxygen atoms in total. The van der Waals surface area contributed by atoms with Gasteiger partial charge in [0, 0.05) is 49.5 Å². The Morgan fingerprint density at radius 1 is 1.23 bits per heavy atom. The van der Waals surface area contributed by atoms with Crippen LogP contribution in [0.4, 0.5) is 23.2 Å². The van der Waals surface area contributed by atoms with Gasteiger partial charge in [0.2, 0.25) is 0 Å². The summed E-state index contributed by atoms with van der Waals surface area (Å²) in [6, 6.07) is 9.82. The van der Waals surface area contributed by atoms with E-state index in [1.165, 1.54) is 18.2 Å². The molecule has 2 fully saturated rings. The van der Waals surface area contributed by atoms with E-state index in [9.17, 15) is 22.4 Å². The lowest BCUT2D eigenvalue weighted by Crippen LogP contribution is -2.53. The van der Waals surface area contributed by atoms with Crippen molar-refractivity contribution in [2.75, 3.05) is 44.3 Å². The molecule has 0 spiro atoms. The van der Waals surface area contributed by atoms with Crippen molar-refractivity contribution in [2.24, 2.45) is 11.3 Å². The second kappa shape index (κ2) is 9.50. The first kappa shape index (κ1) is 25.0. The highest BCUT2D eigenvalue weighted by atomic mass is 19.4. The number of amides is 1. The molecule has 0 radical (unpaired) electrons. The number of halogens is 4. The van der Waals surface area contributed by atoms with Crippen LogP contribution in [0.3, 0.4) is 0 Å². The van der Waals surface area contributed by atoms with Gasteiger partial charge in [-0.15, -0.1) is 0 Å². The Bertz CT molecular complexity index is 1160. The quantitative estimate of drug-likeness (QED) is 0.553. The first-order valence-corrected chi connectivity index (χ1v) is 11.6. The number of benzene rings is 2. The third-order valence-corrected chi connectivity index (χ3v) is 7.16. The molecule has 0 aromatic heterocycles. The van der Waals surface area contributed by atoms with Gasteiger partial charge < -0.3 is 14.5 Å². The van der Waals surface area contributed by atoms with Gasteiger partial charge in [-0.05, 0) is 62.1 Å². The maximum Gasteiger partial charge on any atom is 0.417 e. The second-order valence-corrected chi connectivity index (χ2v) is 9.40. The Labute approximate surface area is 201 Å². The number of fused-ring (bicyclic) bond motifs is 1. The van der Waals surface area contributed by atoms with Gasteiger partial charge in [0.05, 0.1) is 23.8 Å². The van der Waals surface area contributed by atoms with Crippen LogP contribution in [0.25, 0.3) is 0 Å². The van der Waals surface area contributed by atoms with E-state index < -0.39 is 28.5 Å². The van der Waals surface area contributed by atoms with Gasteiger partial charge in [-0.3, -0.25) is 4.79 Å². The van der Waals surface area contributed by atoms with Crippen LogP contribution in [0.2, 0.25) is 0 Å². The number of ether oxygens (including phenoxy) is 1. The summed E-state index contributed by atoms with van der Waals surface area (Å²) in [5.74, 6) is -0.602. The predicted octanol–water partition coefficient (Wildman–Crippen LogP) is 5.03. The summed E-state index contributed by atoms with van der Waals surface area (Å²) in [6.07, 6.45) is -3.98. The van der Waals surface area contributed by atoms with Crippen LogP contribution in [0.1, 0.15) is 40.4 Å². The van der Waals surface area contributed by atoms with Gasteiger partial charge in [0.1, 0.15) is 5.82 Å². The fourth-order valence-corrected chi connectivity index (χ4v) is 5.23. The molecule has 2 aromatic carbocycles. The van der Waals surface area contributed by atoms with Crippen molar-refractivity contribution in [3.63, 3.8) is 0 Å². The molecular formula is C26H27F4N3O2. The van der Waals surface area contributed by atoms with Crippen LogP contribution in [0, 0.1) is 35.4 Å². The van der Waals surface area contributed by atoms with E-state index in [1.807, 2.05) is 11.8 Å². The maximum atomic E-state index is 14.1. The summed E-state index contributed by atoms with van der Waals surface area (Å²) in [4.78, 5) is 16.8. The minimum atomic E-state index is -4.64. The zero-order valence-corrected chi connectivity index (χ0v) is 19.7. The molecular weight excluding hydrogens is 462 g/mol. The van der Waals surface area contributed by atoms with E-state index in [0.717, 1.165) is 6.07 Å². The molecule has 2 unspecified atom stereocenters. The van der Waals surface area contributed by atoms with Gasteiger partial charge in [0.15, 0.2) is 0 Å². The Morgan fingerprint density at radius 2 is 2.00 bits per heavy atom. The lowest BCUT2D eigenvalue weighted by atomic mass is 9.73. The largest absolute Gasteiger partial charge is 0.417 e. The van der Waals surface area contributed by atoms with Gasteiger partial charge in [-0.1, -0.05) is 6.07 Å².